The van der Waals surface area contributed by atoms with Crippen LogP contribution in [0.5, 0.6) is 0 Å². The van der Waals surface area contributed by atoms with Gasteiger partial charge in [-0.25, -0.2) is 4.68 Å². The lowest BCUT2D eigenvalue weighted by molar-refractivity contribution is 0.451. The predicted molar refractivity (Wildman–Crippen MR) is 88.8 cm³/mol. The summed E-state index contributed by atoms with van der Waals surface area (Å²) in [7, 11) is 0. The van der Waals surface area contributed by atoms with Crippen LogP contribution in [0.1, 0.15) is 41.6 Å². The lowest BCUT2D eigenvalue weighted by Gasteiger charge is -2.12. The number of benzene rings is 1. The van der Waals surface area contributed by atoms with Crippen LogP contribution in [0.15, 0.2) is 28.8 Å². The standard InChI is InChI=1S/C17H21N5O/c1-10-6-7-11(2)16(8-10)22-13(4)15(9-18-22)19-12(3)17-21-20-14(5)23-17/h6-9,12,19H,1-5H3/t12-/m1/s1. The summed E-state index contributed by atoms with van der Waals surface area (Å²) in [5, 5.41) is 15.8. The molecule has 0 aliphatic rings. The molecule has 0 aliphatic carbocycles. The average molecular weight is 311 g/mol. The highest BCUT2D eigenvalue weighted by Crippen LogP contribution is 2.25. The third-order valence-corrected chi connectivity index (χ3v) is 3.89. The van der Waals surface area contributed by atoms with Gasteiger partial charge in [0.1, 0.15) is 6.04 Å². The van der Waals surface area contributed by atoms with Crippen molar-refractivity contribution in [3.05, 3.63) is 53.0 Å². The van der Waals surface area contributed by atoms with Gasteiger partial charge in [0.05, 0.1) is 23.3 Å². The van der Waals surface area contributed by atoms with E-state index in [0.29, 0.717) is 11.8 Å². The average Bonchev–Trinajstić information content (AvgIpc) is 3.09. The first-order chi connectivity index (χ1) is 11.0. The molecule has 0 saturated heterocycles. The zero-order valence-corrected chi connectivity index (χ0v) is 14.1. The monoisotopic (exact) mass is 311 g/mol. The molecular formula is C17H21N5O. The summed E-state index contributed by atoms with van der Waals surface area (Å²) in [6, 6.07) is 6.29. The SMILES string of the molecule is Cc1ccc(C)c(-n2ncc(N[C@H](C)c3nnc(C)o3)c2C)c1. The maximum absolute atomic E-state index is 5.47. The van der Waals surface area contributed by atoms with Crippen LogP contribution >= 0.6 is 0 Å². The summed E-state index contributed by atoms with van der Waals surface area (Å²) >= 11 is 0. The van der Waals surface area contributed by atoms with E-state index in [2.05, 4.69) is 52.7 Å². The van der Waals surface area contributed by atoms with E-state index in [1.54, 1.807) is 6.92 Å². The molecule has 6 nitrogen and oxygen atoms in total. The van der Waals surface area contributed by atoms with Gasteiger partial charge in [-0.15, -0.1) is 10.2 Å². The second-order valence-corrected chi connectivity index (χ2v) is 5.87. The summed E-state index contributed by atoms with van der Waals surface area (Å²) in [5.41, 5.74) is 5.49. The topological polar surface area (TPSA) is 68.8 Å². The molecule has 0 amide bonds. The van der Waals surface area contributed by atoms with Gasteiger partial charge in [-0.05, 0) is 44.9 Å². The Bertz CT molecular complexity index is 833. The van der Waals surface area contributed by atoms with Gasteiger partial charge in [-0.2, -0.15) is 5.10 Å². The van der Waals surface area contributed by atoms with Crippen molar-refractivity contribution in [2.75, 3.05) is 5.32 Å². The minimum Gasteiger partial charge on any atom is -0.423 e. The quantitative estimate of drug-likeness (QED) is 0.796. The Hall–Kier alpha value is -2.63. The van der Waals surface area contributed by atoms with Crippen LogP contribution in [0, 0.1) is 27.7 Å². The molecule has 3 rings (SSSR count). The fourth-order valence-corrected chi connectivity index (χ4v) is 2.52. The van der Waals surface area contributed by atoms with Gasteiger partial charge >= 0.3 is 0 Å². The van der Waals surface area contributed by atoms with Crippen LogP contribution in [0.3, 0.4) is 0 Å². The van der Waals surface area contributed by atoms with Gasteiger partial charge in [-0.3, -0.25) is 0 Å². The summed E-state index contributed by atoms with van der Waals surface area (Å²) in [6.07, 6.45) is 1.83. The van der Waals surface area contributed by atoms with Crippen molar-refractivity contribution in [1.82, 2.24) is 20.0 Å². The van der Waals surface area contributed by atoms with Crippen molar-refractivity contribution in [2.45, 2.75) is 40.7 Å². The number of anilines is 1. The predicted octanol–water partition coefficient (Wildman–Crippen LogP) is 3.66. The molecule has 1 N–H and O–H groups in total. The van der Waals surface area contributed by atoms with Crippen LogP contribution in [-0.4, -0.2) is 20.0 Å². The molecule has 0 saturated carbocycles. The largest absolute Gasteiger partial charge is 0.423 e. The lowest BCUT2D eigenvalue weighted by Crippen LogP contribution is -2.08. The number of nitrogens with zero attached hydrogens (tertiary/aromatic N) is 4. The summed E-state index contributed by atoms with van der Waals surface area (Å²) in [6.45, 7) is 9.99. The van der Waals surface area contributed by atoms with Crippen molar-refractivity contribution < 1.29 is 4.42 Å². The molecule has 0 unspecified atom stereocenters. The first-order valence-corrected chi connectivity index (χ1v) is 7.64. The van der Waals surface area contributed by atoms with Crippen LogP contribution in [0.2, 0.25) is 0 Å². The number of hydrogen-bond donors (Lipinski definition) is 1. The Kier molecular flexibility index (Phi) is 3.90. The Morgan fingerprint density at radius 3 is 2.61 bits per heavy atom. The first-order valence-electron chi connectivity index (χ1n) is 7.64. The molecule has 23 heavy (non-hydrogen) atoms. The Morgan fingerprint density at radius 2 is 1.91 bits per heavy atom. The Labute approximate surface area is 135 Å². The van der Waals surface area contributed by atoms with Crippen molar-refractivity contribution in [3.63, 3.8) is 0 Å². The molecule has 0 aliphatic heterocycles. The number of hydrogen-bond acceptors (Lipinski definition) is 5. The molecule has 1 aromatic carbocycles. The third kappa shape index (κ3) is 2.97. The molecule has 120 valence electrons. The fourth-order valence-electron chi connectivity index (χ4n) is 2.52. The van der Waals surface area contributed by atoms with Crippen molar-refractivity contribution in [1.29, 1.82) is 0 Å². The van der Waals surface area contributed by atoms with Crippen LogP contribution in [-0.2, 0) is 0 Å². The molecule has 0 fully saturated rings. The molecule has 1 atom stereocenters. The van der Waals surface area contributed by atoms with E-state index in [9.17, 15) is 0 Å². The first kappa shape index (κ1) is 15.3. The second-order valence-electron chi connectivity index (χ2n) is 5.87. The van der Waals surface area contributed by atoms with Gasteiger partial charge < -0.3 is 9.73 Å². The minimum atomic E-state index is -0.0776. The van der Waals surface area contributed by atoms with E-state index < -0.39 is 0 Å². The van der Waals surface area contributed by atoms with Crippen LogP contribution in [0.25, 0.3) is 5.69 Å². The number of rotatable bonds is 4. The number of aromatic nitrogens is 4. The minimum absolute atomic E-state index is 0.0776. The highest BCUT2D eigenvalue weighted by Gasteiger charge is 2.16. The number of aryl methyl sites for hydroxylation is 3. The van der Waals surface area contributed by atoms with Crippen molar-refractivity contribution in [3.8, 4) is 5.69 Å². The lowest BCUT2D eigenvalue weighted by atomic mass is 10.1. The fraction of sp³-hybridized carbons (Fsp3) is 0.353. The molecule has 6 heteroatoms. The molecule has 2 aromatic heterocycles. The molecule has 3 aromatic rings. The molecule has 0 bridgehead atoms. The molecular weight excluding hydrogens is 290 g/mol. The van der Waals surface area contributed by atoms with Gasteiger partial charge in [-0.1, -0.05) is 12.1 Å². The third-order valence-electron chi connectivity index (χ3n) is 3.89. The summed E-state index contributed by atoms with van der Waals surface area (Å²) < 4.78 is 7.43. The van der Waals surface area contributed by atoms with E-state index in [1.807, 2.05) is 24.7 Å². The number of nitrogens with one attached hydrogen (secondary N) is 1. The molecule has 0 radical (unpaired) electrons. The van der Waals surface area contributed by atoms with Crippen molar-refractivity contribution >= 4 is 5.69 Å². The highest BCUT2D eigenvalue weighted by molar-refractivity contribution is 5.52. The van der Waals surface area contributed by atoms with E-state index in [4.69, 9.17) is 4.42 Å². The van der Waals surface area contributed by atoms with Crippen LogP contribution in [0.4, 0.5) is 5.69 Å². The van der Waals surface area contributed by atoms with E-state index >= 15 is 0 Å². The van der Waals surface area contributed by atoms with Gasteiger partial charge in [0.25, 0.3) is 0 Å². The summed E-state index contributed by atoms with van der Waals surface area (Å²) in [5.74, 6) is 1.14. The smallest absolute Gasteiger partial charge is 0.238 e. The highest BCUT2D eigenvalue weighted by atomic mass is 16.4. The molecule has 2 heterocycles. The van der Waals surface area contributed by atoms with E-state index in [1.165, 1.54) is 11.1 Å². The zero-order chi connectivity index (χ0) is 16.6. The normalized spacial score (nSPS) is 12.4. The second kappa shape index (κ2) is 5.87. The van der Waals surface area contributed by atoms with Gasteiger partial charge in [0.2, 0.25) is 11.8 Å². The van der Waals surface area contributed by atoms with Crippen LogP contribution < -0.4 is 5.32 Å². The van der Waals surface area contributed by atoms with Gasteiger partial charge in [0.15, 0.2) is 0 Å². The zero-order valence-electron chi connectivity index (χ0n) is 14.1. The Balaban J connectivity index is 1.89. The van der Waals surface area contributed by atoms with E-state index in [0.717, 1.165) is 17.1 Å². The maximum atomic E-state index is 5.47. The summed E-state index contributed by atoms with van der Waals surface area (Å²) in [4.78, 5) is 0. The van der Waals surface area contributed by atoms with Gasteiger partial charge in [0, 0.05) is 6.92 Å². The van der Waals surface area contributed by atoms with Crippen molar-refractivity contribution in [2.24, 2.45) is 0 Å². The van der Waals surface area contributed by atoms with E-state index in [-0.39, 0.29) is 6.04 Å². The Morgan fingerprint density at radius 1 is 1.13 bits per heavy atom. The maximum Gasteiger partial charge on any atom is 0.238 e. The molecule has 0 spiro atoms.